The highest BCUT2D eigenvalue weighted by molar-refractivity contribution is 5.94. The van der Waals surface area contributed by atoms with Crippen molar-refractivity contribution in [3.05, 3.63) is 28.6 Å². The van der Waals surface area contributed by atoms with Crippen molar-refractivity contribution in [3.63, 3.8) is 0 Å². The number of anilines is 1. The second kappa shape index (κ2) is 5.59. The van der Waals surface area contributed by atoms with E-state index in [1.807, 2.05) is 0 Å². The molecule has 1 aliphatic rings. The first-order valence-electron chi connectivity index (χ1n) is 5.91. The summed E-state index contributed by atoms with van der Waals surface area (Å²) < 4.78 is 4.88. The molecule has 0 radical (unpaired) electrons. The maximum Gasteiger partial charge on any atom is 0.316 e. The van der Waals surface area contributed by atoms with Crippen LogP contribution >= 0.6 is 0 Å². The Morgan fingerprint density at radius 1 is 1.50 bits per heavy atom. The topological polar surface area (TPSA) is 124 Å². The van der Waals surface area contributed by atoms with Gasteiger partial charge in [0.15, 0.2) is 6.10 Å². The van der Waals surface area contributed by atoms with E-state index < -0.39 is 34.9 Å². The van der Waals surface area contributed by atoms with Crippen molar-refractivity contribution in [2.45, 2.75) is 25.5 Å². The molecule has 1 aliphatic carbocycles. The van der Waals surface area contributed by atoms with E-state index >= 15 is 0 Å². The predicted octanol–water partition coefficient (Wildman–Crippen LogP) is 0.0120. The number of hydrogen-bond acceptors (Lipinski definition) is 7. The molecule has 1 heterocycles. The molecule has 3 unspecified atom stereocenters. The van der Waals surface area contributed by atoms with Crippen LogP contribution < -0.4 is 5.32 Å². The van der Waals surface area contributed by atoms with E-state index in [9.17, 15) is 19.7 Å². The second-order valence-electron chi connectivity index (χ2n) is 4.34. The number of rotatable bonds is 5. The predicted molar refractivity (Wildman–Crippen MR) is 65.1 cm³/mol. The number of nitro groups is 1. The van der Waals surface area contributed by atoms with Gasteiger partial charge in [-0.05, 0) is 13.0 Å². The largest absolute Gasteiger partial charge is 0.452 e. The van der Waals surface area contributed by atoms with Crippen LogP contribution in [0.4, 0.5) is 5.95 Å². The van der Waals surface area contributed by atoms with Gasteiger partial charge in [-0.3, -0.25) is 25.0 Å². The van der Waals surface area contributed by atoms with E-state index in [1.165, 1.54) is 19.3 Å². The third-order valence-corrected chi connectivity index (χ3v) is 2.79. The summed E-state index contributed by atoms with van der Waals surface area (Å²) in [5.74, 6) is -1.99. The molecule has 3 atom stereocenters. The van der Waals surface area contributed by atoms with Crippen LogP contribution in [0.15, 0.2) is 18.5 Å². The quantitative estimate of drug-likeness (QED) is 0.457. The van der Waals surface area contributed by atoms with Gasteiger partial charge in [0.1, 0.15) is 5.92 Å². The minimum Gasteiger partial charge on any atom is -0.452 e. The monoisotopic (exact) mass is 280 g/mol. The average Bonchev–Trinajstić information content (AvgIpc) is 3.20. The molecule has 1 aromatic heterocycles. The zero-order valence-electron chi connectivity index (χ0n) is 10.6. The molecule has 0 bridgehead atoms. The van der Waals surface area contributed by atoms with Gasteiger partial charge in [0.2, 0.25) is 12.0 Å². The Labute approximate surface area is 113 Å². The van der Waals surface area contributed by atoms with Gasteiger partial charge in [-0.1, -0.05) is 0 Å². The fraction of sp³-hybridized carbons (Fsp3) is 0.455. The molecule has 20 heavy (non-hydrogen) atoms. The normalized spacial score (nSPS) is 21.6. The number of hydrogen-bond donors (Lipinski definition) is 1. The van der Waals surface area contributed by atoms with E-state index in [1.54, 1.807) is 6.07 Å². The molecule has 1 N–H and O–H groups in total. The lowest BCUT2D eigenvalue weighted by Gasteiger charge is -2.11. The van der Waals surface area contributed by atoms with E-state index in [2.05, 4.69) is 15.3 Å². The van der Waals surface area contributed by atoms with E-state index in [0.29, 0.717) is 0 Å². The molecule has 1 aromatic rings. The third kappa shape index (κ3) is 3.25. The summed E-state index contributed by atoms with van der Waals surface area (Å²) in [5.41, 5.74) is 0. The molecule has 1 saturated carbocycles. The Hall–Kier alpha value is -2.58. The van der Waals surface area contributed by atoms with Gasteiger partial charge >= 0.3 is 5.97 Å². The van der Waals surface area contributed by atoms with E-state index in [0.717, 1.165) is 0 Å². The molecule has 106 valence electrons. The maximum absolute atomic E-state index is 11.7. The van der Waals surface area contributed by atoms with Gasteiger partial charge in [-0.25, -0.2) is 9.97 Å². The smallest absolute Gasteiger partial charge is 0.316 e. The minimum absolute atomic E-state index is 0.0926. The molecular weight excluding hydrogens is 268 g/mol. The molecule has 0 saturated heterocycles. The Balaban J connectivity index is 1.83. The van der Waals surface area contributed by atoms with Crippen LogP contribution in [0.2, 0.25) is 0 Å². The number of carbonyl (C=O) groups is 2. The molecule has 1 fully saturated rings. The lowest BCUT2D eigenvalue weighted by atomic mass is 10.3. The lowest BCUT2D eigenvalue weighted by molar-refractivity contribution is -0.497. The van der Waals surface area contributed by atoms with Gasteiger partial charge < -0.3 is 4.74 Å². The first-order chi connectivity index (χ1) is 9.49. The molecule has 0 aliphatic heterocycles. The standard InChI is InChI=1S/C11H12N4O5/c1-6(9(16)14-11-12-3-2-4-13-11)20-10(17)7-5-8(7)15(18)19/h2-4,6-8H,5H2,1H3,(H,12,13,14,16). The van der Waals surface area contributed by atoms with Crippen LogP contribution in [-0.2, 0) is 14.3 Å². The average molecular weight is 280 g/mol. The van der Waals surface area contributed by atoms with Crippen LogP contribution in [0.1, 0.15) is 13.3 Å². The third-order valence-electron chi connectivity index (χ3n) is 2.79. The number of carbonyl (C=O) groups excluding carboxylic acids is 2. The van der Waals surface area contributed by atoms with Crippen molar-refractivity contribution < 1.29 is 19.2 Å². The van der Waals surface area contributed by atoms with Crippen molar-refractivity contribution >= 4 is 17.8 Å². The summed E-state index contributed by atoms with van der Waals surface area (Å²) in [6.45, 7) is 1.37. The molecule has 2 rings (SSSR count). The summed E-state index contributed by atoms with van der Waals surface area (Å²) in [4.78, 5) is 40.8. The minimum atomic E-state index is -1.07. The van der Waals surface area contributed by atoms with E-state index in [-0.39, 0.29) is 12.4 Å². The highest BCUT2D eigenvalue weighted by Crippen LogP contribution is 2.34. The Bertz CT molecular complexity index is 535. The number of amides is 1. The van der Waals surface area contributed by atoms with Crippen molar-refractivity contribution in [2.75, 3.05) is 5.32 Å². The number of ether oxygens (including phenoxy) is 1. The molecule has 9 heteroatoms. The molecule has 1 amide bonds. The highest BCUT2D eigenvalue weighted by Gasteiger charge is 2.55. The van der Waals surface area contributed by atoms with Crippen LogP contribution in [0.3, 0.4) is 0 Å². The van der Waals surface area contributed by atoms with Crippen molar-refractivity contribution in [3.8, 4) is 0 Å². The first-order valence-corrected chi connectivity index (χ1v) is 5.91. The Kier molecular flexibility index (Phi) is 3.87. The van der Waals surface area contributed by atoms with Crippen molar-refractivity contribution in [1.29, 1.82) is 0 Å². The van der Waals surface area contributed by atoms with Gasteiger partial charge in [0.25, 0.3) is 5.91 Å². The number of nitrogens with one attached hydrogen (secondary N) is 1. The first kappa shape index (κ1) is 13.8. The SMILES string of the molecule is CC(OC(=O)C1CC1[N+](=O)[O-])C(=O)Nc1ncccn1. The zero-order valence-corrected chi connectivity index (χ0v) is 10.6. The van der Waals surface area contributed by atoms with Crippen LogP contribution in [0, 0.1) is 16.0 Å². The lowest BCUT2D eigenvalue weighted by Crippen LogP contribution is -2.31. The fourth-order valence-electron chi connectivity index (χ4n) is 1.56. The number of nitrogens with zero attached hydrogens (tertiary/aromatic N) is 3. The van der Waals surface area contributed by atoms with Crippen LogP contribution in [0.25, 0.3) is 0 Å². The van der Waals surface area contributed by atoms with Gasteiger partial charge in [0, 0.05) is 23.7 Å². The Morgan fingerprint density at radius 2 is 2.15 bits per heavy atom. The highest BCUT2D eigenvalue weighted by atomic mass is 16.6. The molecule has 9 nitrogen and oxygen atoms in total. The summed E-state index contributed by atoms with van der Waals surface area (Å²) in [5, 5.41) is 12.8. The fourth-order valence-corrected chi connectivity index (χ4v) is 1.56. The maximum atomic E-state index is 11.7. The summed E-state index contributed by atoms with van der Waals surface area (Å²) in [7, 11) is 0. The van der Waals surface area contributed by atoms with Crippen LogP contribution in [-0.4, -0.2) is 38.9 Å². The van der Waals surface area contributed by atoms with Gasteiger partial charge in [-0.15, -0.1) is 0 Å². The van der Waals surface area contributed by atoms with Crippen molar-refractivity contribution in [1.82, 2.24) is 9.97 Å². The second-order valence-corrected chi connectivity index (χ2v) is 4.34. The van der Waals surface area contributed by atoms with Crippen molar-refractivity contribution in [2.24, 2.45) is 5.92 Å². The summed E-state index contributed by atoms with van der Waals surface area (Å²) >= 11 is 0. The molecular formula is C11H12N4O5. The molecule has 0 spiro atoms. The summed E-state index contributed by atoms with van der Waals surface area (Å²) in [6, 6.07) is 0.694. The number of aromatic nitrogens is 2. The summed E-state index contributed by atoms with van der Waals surface area (Å²) in [6.07, 6.45) is 1.98. The van der Waals surface area contributed by atoms with E-state index in [4.69, 9.17) is 4.74 Å². The molecule has 0 aromatic carbocycles. The van der Waals surface area contributed by atoms with Crippen LogP contribution in [0.5, 0.6) is 0 Å². The zero-order chi connectivity index (χ0) is 14.7. The number of esters is 1. The van der Waals surface area contributed by atoms with Gasteiger partial charge in [0.05, 0.1) is 0 Å². The Morgan fingerprint density at radius 3 is 2.70 bits per heavy atom. The van der Waals surface area contributed by atoms with Gasteiger partial charge in [-0.2, -0.15) is 0 Å².